The summed E-state index contributed by atoms with van der Waals surface area (Å²) >= 11 is 1.45. The standard InChI is InChI=1S/C19H25NO3S/c1-11(2)20-18(21)16(17(19(20)22)24-13(5)6)14-7-9-15(10-8-14)23-12(3)4/h7-13H,1-6H3. The third-order valence-corrected chi connectivity index (χ3v) is 4.54. The van der Waals surface area contributed by atoms with Crippen LogP contribution >= 0.6 is 11.8 Å². The van der Waals surface area contributed by atoms with E-state index in [0.717, 1.165) is 11.3 Å². The van der Waals surface area contributed by atoms with Gasteiger partial charge >= 0.3 is 0 Å². The molecule has 0 atom stereocenters. The average Bonchev–Trinajstić information content (AvgIpc) is 2.70. The molecule has 2 amide bonds. The molecule has 5 heteroatoms. The van der Waals surface area contributed by atoms with E-state index < -0.39 is 0 Å². The van der Waals surface area contributed by atoms with Crippen LogP contribution in [0.2, 0.25) is 0 Å². The van der Waals surface area contributed by atoms with Crippen LogP contribution in [0.5, 0.6) is 5.75 Å². The Kier molecular flexibility index (Phi) is 5.75. The van der Waals surface area contributed by atoms with Gasteiger partial charge in [0.2, 0.25) is 0 Å². The number of nitrogens with zero attached hydrogens (tertiary/aromatic N) is 1. The van der Waals surface area contributed by atoms with Crippen molar-refractivity contribution in [2.75, 3.05) is 0 Å². The summed E-state index contributed by atoms with van der Waals surface area (Å²) in [7, 11) is 0. The van der Waals surface area contributed by atoms with Crippen molar-refractivity contribution in [2.45, 2.75) is 58.9 Å². The Labute approximate surface area is 148 Å². The maximum absolute atomic E-state index is 12.8. The lowest BCUT2D eigenvalue weighted by atomic mass is 10.1. The predicted molar refractivity (Wildman–Crippen MR) is 98.8 cm³/mol. The van der Waals surface area contributed by atoms with E-state index in [2.05, 4.69) is 0 Å². The van der Waals surface area contributed by atoms with E-state index >= 15 is 0 Å². The van der Waals surface area contributed by atoms with Gasteiger partial charge in [0.25, 0.3) is 11.8 Å². The van der Waals surface area contributed by atoms with Crippen LogP contribution in [0.4, 0.5) is 0 Å². The van der Waals surface area contributed by atoms with Gasteiger partial charge in [0.1, 0.15) is 5.75 Å². The number of amides is 2. The molecule has 2 rings (SSSR count). The first-order valence-electron chi connectivity index (χ1n) is 8.28. The van der Waals surface area contributed by atoms with Crippen LogP contribution in [-0.4, -0.2) is 34.1 Å². The van der Waals surface area contributed by atoms with Gasteiger partial charge in [0.15, 0.2) is 0 Å². The Balaban J connectivity index is 2.44. The monoisotopic (exact) mass is 347 g/mol. The maximum Gasteiger partial charge on any atom is 0.268 e. The minimum Gasteiger partial charge on any atom is -0.491 e. The molecule has 0 saturated heterocycles. The van der Waals surface area contributed by atoms with Crippen molar-refractivity contribution in [3.05, 3.63) is 34.7 Å². The second kappa shape index (κ2) is 7.43. The Morgan fingerprint density at radius 2 is 1.50 bits per heavy atom. The van der Waals surface area contributed by atoms with Crippen molar-refractivity contribution in [3.8, 4) is 5.75 Å². The van der Waals surface area contributed by atoms with E-state index in [1.807, 2.05) is 65.8 Å². The molecule has 24 heavy (non-hydrogen) atoms. The molecule has 0 radical (unpaired) electrons. The summed E-state index contributed by atoms with van der Waals surface area (Å²) in [6, 6.07) is 7.23. The van der Waals surface area contributed by atoms with Gasteiger partial charge in [-0.25, -0.2) is 0 Å². The summed E-state index contributed by atoms with van der Waals surface area (Å²) in [6.07, 6.45) is 0.0910. The Hall–Kier alpha value is -1.75. The fourth-order valence-corrected chi connectivity index (χ4v) is 3.56. The zero-order valence-corrected chi connectivity index (χ0v) is 15.9. The molecule has 130 valence electrons. The van der Waals surface area contributed by atoms with Gasteiger partial charge in [-0.15, -0.1) is 11.8 Å². The first-order valence-corrected chi connectivity index (χ1v) is 9.16. The molecule has 0 fully saturated rings. The third kappa shape index (κ3) is 3.83. The van der Waals surface area contributed by atoms with Crippen molar-refractivity contribution in [1.82, 2.24) is 4.90 Å². The van der Waals surface area contributed by atoms with E-state index in [0.29, 0.717) is 10.5 Å². The molecule has 1 aliphatic rings. The molecule has 1 aromatic carbocycles. The van der Waals surface area contributed by atoms with E-state index in [1.165, 1.54) is 16.7 Å². The van der Waals surface area contributed by atoms with Crippen LogP contribution in [-0.2, 0) is 9.59 Å². The van der Waals surface area contributed by atoms with Crippen LogP contribution in [0.15, 0.2) is 29.2 Å². The van der Waals surface area contributed by atoms with Crippen LogP contribution < -0.4 is 4.74 Å². The molecule has 1 heterocycles. The highest BCUT2D eigenvalue weighted by Crippen LogP contribution is 2.39. The van der Waals surface area contributed by atoms with Crippen LogP contribution in [0.25, 0.3) is 5.57 Å². The molecule has 0 saturated carbocycles. The molecule has 0 bridgehead atoms. The molecule has 0 aliphatic carbocycles. The summed E-state index contributed by atoms with van der Waals surface area (Å²) in [4.78, 5) is 27.4. The zero-order valence-electron chi connectivity index (χ0n) is 15.1. The van der Waals surface area contributed by atoms with Gasteiger partial charge < -0.3 is 4.74 Å². The Bertz CT molecular complexity index is 660. The van der Waals surface area contributed by atoms with Gasteiger partial charge in [0, 0.05) is 11.3 Å². The number of ether oxygens (including phenoxy) is 1. The maximum atomic E-state index is 12.8. The summed E-state index contributed by atoms with van der Waals surface area (Å²) in [6.45, 7) is 11.7. The van der Waals surface area contributed by atoms with Crippen molar-refractivity contribution in [3.63, 3.8) is 0 Å². The largest absolute Gasteiger partial charge is 0.491 e. The fourth-order valence-electron chi connectivity index (χ4n) is 2.57. The minimum atomic E-state index is -0.212. The second-order valence-electron chi connectivity index (χ2n) is 6.64. The Morgan fingerprint density at radius 3 is 1.96 bits per heavy atom. The van der Waals surface area contributed by atoms with Gasteiger partial charge in [-0.3, -0.25) is 14.5 Å². The molecule has 0 aromatic heterocycles. The van der Waals surface area contributed by atoms with Crippen molar-refractivity contribution in [2.24, 2.45) is 0 Å². The van der Waals surface area contributed by atoms with Gasteiger partial charge in [-0.05, 0) is 45.4 Å². The minimum absolute atomic E-state index is 0.0910. The number of carbonyl (C=O) groups is 2. The molecular weight excluding hydrogens is 322 g/mol. The third-order valence-electron chi connectivity index (χ3n) is 3.46. The van der Waals surface area contributed by atoms with Gasteiger partial charge in [0.05, 0.1) is 16.6 Å². The topological polar surface area (TPSA) is 46.6 Å². The zero-order chi connectivity index (χ0) is 18.0. The SMILES string of the molecule is CC(C)Oc1ccc(C2=C(SC(C)C)C(=O)N(C(C)C)C2=O)cc1. The van der Waals surface area contributed by atoms with Gasteiger partial charge in [-0.2, -0.15) is 0 Å². The number of benzene rings is 1. The molecule has 1 aromatic rings. The van der Waals surface area contributed by atoms with Crippen molar-refractivity contribution < 1.29 is 14.3 Å². The highest BCUT2D eigenvalue weighted by Gasteiger charge is 2.40. The predicted octanol–water partition coefficient (Wildman–Crippen LogP) is 4.10. The number of hydrogen-bond acceptors (Lipinski definition) is 4. The van der Waals surface area contributed by atoms with E-state index in [-0.39, 0.29) is 29.2 Å². The van der Waals surface area contributed by atoms with E-state index in [9.17, 15) is 9.59 Å². The van der Waals surface area contributed by atoms with E-state index in [4.69, 9.17) is 4.74 Å². The lowest BCUT2D eigenvalue weighted by Crippen LogP contribution is -2.37. The lowest BCUT2D eigenvalue weighted by Gasteiger charge is -2.19. The highest BCUT2D eigenvalue weighted by molar-refractivity contribution is 8.04. The van der Waals surface area contributed by atoms with E-state index in [1.54, 1.807) is 0 Å². The fraction of sp³-hybridized carbons (Fsp3) is 0.474. The number of rotatable bonds is 6. The quantitative estimate of drug-likeness (QED) is 0.727. The molecular formula is C19H25NO3S. The highest BCUT2D eigenvalue weighted by atomic mass is 32.2. The van der Waals surface area contributed by atoms with Crippen LogP contribution in [0, 0.1) is 0 Å². The molecule has 0 N–H and O–H groups in total. The average molecular weight is 347 g/mol. The number of carbonyl (C=O) groups excluding carboxylic acids is 2. The smallest absolute Gasteiger partial charge is 0.268 e. The summed E-state index contributed by atoms with van der Waals surface area (Å²) < 4.78 is 5.65. The van der Waals surface area contributed by atoms with Gasteiger partial charge in [-0.1, -0.05) is 26.0 Å². The van der Waals surface area contributed by atoms with Crippen LogP contribution in [0.1, 0.15) is 47.1 Å². The van der Waals surface area contributed by atoms with Crippen molar-refractivity contribution in [1.29, 1.82) is 0 Å². The number of hydrogen-bond donors (Lipinski definition) is 0. The summed E-state index contributed by atoms with van der Waals surface area (Å²) in [5.41, 5.74) is 1.26. The molecule has 4 nitrogen and oxygen atoms in total. The molecule has 1 aliphatic heterocycles. The number of imide groups is 1. The summed E-state index contributed by atoms with van der Waals surface area (Å²) in [5, 5.41) is 0.224. The van der Waals surface area contributed by atoms with Crippen molar-refractivity contribution >= 4 is 29.1 Å². The summed E-state index contributed by atoms with van der Waals surface area (Å²) in [5.74, 6) is 0.354. The normalized spacial score (nSPS) is 15.5. The second-order valence-corrected chi connectivity index (χ2v) is 8.22. The molecule has 0 spiro atoms. The molecule has 0 unspecified atom stereocenters. The van der Waals surface area contributed by atoms with Crippen LogP contribution in [0.3, 0.4) is 0 Å². The first-order chi connectivity index (χ1) is 11.2. The number of thioether (sulfide) groups is 1. The first kappa shape index (κ1) is 18.6. The Morgan fingerprint density at radius 1 is 0.917 bits per heavy atom. The lowest BCUT2D eigenvalue weighted by molar-refractivity contribution is -0.138.